The van der Waals surface area contributed by atoms with Crippen LogP contribution in [0.1, 0.15) is 5.56 Å². The van der Waals surface area contributed by atoms with Crippen molar-refractivity contribution in [1.82, 2.24) is 4.57 Å². The summed E-state index contributed by atoms with van der Waals surface area (Å²) in [6, 6.07) is 0. The second kappa shape index (κ2) is 6.66. The Morgan fingerprint density at radius 2 is 2.00 bits per heavy atom. The topological polar surface area (TPSA) is 65.1 Å². The molecule has 0 bridgehead atoms. The summed E-state index contributed by atoms with van der Waals surface area (Å²) in [6.07, 6.45) is -0.893. The third-order valence-electron chi connectivity index (χ3n) is 2.04. The summed E-state index contributed by atoms with van der Waals surface area (Å²) < 4.78 is 36.7. The van der Waals surface area contributed by atoms with E-state index in [0.717, 1.165) is 0 Å². The maximum Gasteiger partial charge on any atom is 1.00 e. The van der Waals surface area contributed by atoms with Gasteiger partial charge in [0.2, 0.25) is 0 Å². The average molecular weight is 353 g/mol. The fraction of sp³-hybridized carbons (Fsp3) is 0.286. The van der Waals surface area contributed by atoms with Crippen molar-refractivity contribution >= 4 is 28.6 Å². The molecule has 0 radical (unpaired) electrons. The van der Waals surface area contributed by atoms with Gasteiger partial charge in [-0.05, 0) is 29.3 Å². The van der Waals surface area contributed by atoms with Crippen molar-refractivity contribution in [3.8, 4) is 0 Å². The summed E-state index contributed by atoms with van der Waals surface area (Å²) in [6.45, 7) is -3.96. The number of hydrogen-bond acceptors (Lipinski definition) is 3. The van der Waals surface area contributed by atoms with Gasteiger partial charge in [-0.2, -0.15) is 0 Å². The minimum Gasteiger partial charge on any atom is -0.448 e. The van der Waals surface area contributed by atoms with Gasteiger partial charge in [0.25, 0.3) is 11.2 Å². The monoisotopic (exact) mass is 352 g/mol. The standard InChI is InChI=1S/C7H6BBrF3N2O3.K/c1-4-5(14(16)17)2-13(3-8(10,11)12)7(15)6(4)9;/h2H,3H2,1H3;/q-1;+1. The summed E-state index contributed by atoms with van der Waals surface area (Å²) in [4.78, 5) is 21.2. The second-order valence-electron chi connectivity index (χ2n) is 3.38. The van der Waals surface area contributed by atoms with Crippen LogP contribution in [0.15, 0.2) is 15.5 Å². The molecule has 0 aliphatic heterocycles. The van der Waals surface area contributed by atoms with Crippen LogP contribution < -0.4 is 56.9 Å². The predicted octanol–water partition coefficient (Wildman–Crippen LogP) is -0.782. The Hall–Kier alpha value is 0.321. The molecule has 18 heavy (non-hydrogen) atoms. The number of pyridine rings is 1. The maximum atomic E-state index is 12.2. The molecule has 0 aromatic carbocycles. The molecule has 0 amide bonds. The zero-order valence-corrected chi connectivity index (χ0v) is 14.2. The summed E-state index contributed by atoms with van der Waals surface area (Å²) in [5.41, 5.74) is -1.46. The zero-order valence-electron chi connectivity index (χ0n) is 9.49. The predicted molar refractivity (Wildman–Crippen MR) is 58.9 cm³/mol. The van der Waals surface area contributed by atoms with Crippen LogP contribution in [0.3, 0.4) is 0 Å². The van der Waals surface area contributed by atoms with Crippen molar-refractivity contribution in [1.29, 1.82) is 0 Å². The Balaban J connectivity index is 0.00000289. The third kappa shape index (κ3) is 4.46. The number of nitro groups is 1. The van der Waals surface area contributed by atoms with Crippen LogP contribution >= 0.6 is 15.9 Å². The van der Waals surface area contributed by atoms with Crippen LogP contribution in [0.2, 0.25) is 0 Å². The summed E-state index contributed by atoms with van der Waals surface area (Å²) in [5.74, 6) is 0. The number of nitrogens with zero attached hydrogens (tertiary/aromatic N) is 2. The van der Waals surface area contributed by atoms with Gasteiger partial charge >= 0.3 is 58.4 Å². The normalized spacial score (nSPS) is 10.9. The van der Waals surface area contributed by atoms with Crippen LogP contribution in [0.4, 0.5) is 18.6 Å². The Bertz CT molecular complexity index is 534. The molecule has 11 heteroatoms. The quantitative estimate of drug-likeness (QED) is 0.407. The molecule has 0 fully saturated rings. The molecule has 0 saturated carbocycles. The van der Waals surface area contributed by atoms with Crippen LogP contribution in [-0.2, 0) is 6.44 Å². The largest absolute Gasteiger partial charge is 1.00 e. The molecular weight excluding hydrogens is 347 g/mol. The first kappa shape index (κ1) is 18.3. The zero-order chi connectivity index (χ0) is 13.4. The van der Waals surface area contributed by atoms with Gasteiger partial charge in [-0.3, -0.25) is 14.9 Å². The summed E-state index contributed by atoms with van der Waals surface area (Å²) >= 11 is 2.76. The van der Waals surface area contributed by atoms with E-state index in [1.165, 1.54) is 6.92 Å². The number of rotatable bonds is 3. The Labute approximate surface area is 150 Å². The van der Waals surface area contributed by atoms with Crippen molar-refractivity contribution in [3.05, 3.63) is 36.7 Å². The molecule has 5 nitrogen and oxygen atoms in total. The minimum atomic E-state index is -5.24. The van der Waals surface area contributed by atoms with E-state index in [-0.39, 0.29) is 66.0 Å². The molecule has 0 saturated heterocycles. The molecule has 0 unspecified atom stereocenters. The molecule has 94 valence electrons. The van der Waals surface area contributed by atoms with E-state index in [9.17, 15) is 27.9 Å². The van der Waals surface area contributed by atoms with Gasteiger partial charge in [-0.25, -0.2) is 0 Å². The molecule has 0 spiro atoms. The average Bonchev–Trinajstić information content (AvgIpc) is 2.16. The fourth-order valence-electron chi connectivity index (χ4n) is 1.24. The molecule has 0 N–H and O–H groups in total. The van der Waals surface area contributed by atoms with Crippen LogP contribution in [0.25, 0.3) is 0 Å². The molecular formula is C7H6BBrF3KN2O3. The molecule has 1 aromatic rings. The molecule has 0 atom stereocenters. The smallest absolute Gasteiger partial charge is 0.448 e. The molecule has 1 aromatic heterocycles. The van der Waals surface area contributed by atoms with Gasteiger partial charge in [0, 0.05) is 5.56 Å². The van der Waals surface area contributed by atoms with E-state index >= 15 is 0 Å². The summed E-state index contributed by atoms with van der Waals surface area (Å²) in [5, 5.41) is 10.6. The van der Waals surface area contributed by atoms with Gasteiger partial charge in [-0.1, -0.05) is 0 Å². The second-order valence-corrected chi connectivity index (χ2v) is 4.17. The first-order valence-electron chi connectivity index (χ1n) is 4.38. The Morgan fingerprint density at radius 1 is 1.50 bits per heavy atom. The van der Waals surface area contributed by atoms with Crippen molar-refractivity contribution in [2.24, 2.45) is 0 Å². The minimum absolute atomic E-state index is 0. The first-order chi connectivity index (χ1) is 7.63. The number of aromatic nitrogens is 1. The van der Waals surface area contributed by atoms with Crippen LogP contribution in [-0.4, -0.2) is 16.5 Å². The Kier molecular flexibility index (Phi) is 6.78. The van der Waals surface area contributed by atoms with E-state index in [2.05, 4.69) is 15.9 Å². The number of hydrogen-bond donors (Lipinski definition) is 0. The SMILES string of the molecule is Cc1c([N+](=O)[O-])cn(C[B-](F)(F)F)c(=O)c1Br.[K+]. The van der Waals surface area contributed by atoms with Gasteiger partial charge < -0.3 is 17.5 Å². The maximum absolute atomic E-state index is 12.2. The van der Waals surface area contributed by atoms with Crippen molar-refractivity contribution in [2.45, 2.75) is 13.4 Å². The summed E-state index contributed by atoms with van der Waals surface area (Å²) in [7, 11) is 0. The van der Waals surface area contributed by atoms with E-state index in [4.69, 9.17) is 0 Å². The van der Waals surface area contributed by atoms with Gasteiger partial charge in [0.15, 0.2) is 0 Å². The molecule has 1 rings (SSSR count). The third-order valence-corrected chi connectivity index (χ3v) is 2.97. The Morgan fingerprint density at radius 3 is 2.39 bits per heavy atom. The molecule has 0 aliphatic rings. The molecule has 0 aliphatic carbocycles. The fourth-order valence-corrected chi connectivity index (χ4v) is 1.68. The van der Waals surface area contributed by atoms with Crippen LogP contribution in [0.5, 0.6) is 0 Å². The van der Waals surface area contributed by atoms with Gasteiger partial charge in [0.05, 0.1) is 15.6 Å². The first-order valence-corrected chi connectivity index (χ1v) is 5.17. The molecule has 1 heterocycles. The van der Waals surface area contributed by atoms with Gasteiger partial charge in [-0.15, -0.1) is 0 Å². The van der Waals surface area contributed by atoms with Crippen molar-refractivity contribution in [2.75, 3.05) is 0 Å². The van der Waals surface area contributed by atoms with E-state index < -0.39 is 29.6 Å². The van der Waals surface area contributed by atoms with E-state index in [0.29, 0.717) is 6.20 Å². The van der Waals surface area contributed by atoms with Crippen LogP contribution in [0, 0.1) is 17.0 Å². The van der Waals surface area contributed by atoms with Crippen molar-refractivity contribution in [3.63, 3.8) is 0 Å². The van der Waals surface area contributed by atoms with E-state index in [1.807, 2.05) is 0 Å². The number of halogens is 4. The van der Waals surface area contributed by atoms with E-state index in [1.54, 1.807) is 0 Å². The van der Waals surface area contributed by atoms with Crippen molar-refractivity contribution < 1.29 is 69.3 Å². The van der Waals surface area contributed by atoms with Gasteiger partial charge in [0.1, 0.15) is 0 Å².